The minimum Gasteiger partial charge on any atom is -0.322 e. The molecule has 6 nitrogen and oxygen atoms in total. The van der Waals surface area contributed by atoms with Crippen molar-refractivity contribution in [1.82, 2.24) is 4.90 Å². The molecular weight excluding hydrogens is 294 g/mol. The van der Waals surface area contributed by atoms with E-state index in [2.05, 4.69) is 15.3 Å². The average Bonchev–Trinajstić information content (AvgIpc) is 2.57. The first-order chi connectivity index (χ1) is 11.1. The largest absolute Gasteiger partial charge is 0.435 e. The van der Waals surface area contributed by atoms with Crippen LogP contribution in [0.5, 0.6) is 0 Å². The molecule has 2 amide bonds. The molecule has 0 aliphatic rings. The molecule has 23 heavy (non-hydrogen) atoms. The Morgan fingerprint density at radius 3 is 2.30 bits per heavy atom. The highest BCUT2D eigenvalue weighted by atomic mass is 16.7. The predicted molar refractivity (Wildman–Crippen MR) is 88.6 cm³/mol. The molecule has 0 saturated heterocycles. The number of carbonyl (C=O) groups is 2. The summed E-state index contributed by atoms with van der Waals surface area (Å²) in [7, 11) is 3.14. The molecule has 118 valence electrons. The molecular formula is C17H17N3O3. The van der Waals surface area contributed by atoms with Gasteiger partial charge in [-0.05, 0) is 29.8 Å². The van der Waals surface area contributed by atoms with Crippen LogP contribution >= 0.6 is 0 Å². The topological polar surface area (TPSA) is 71.0 Å². The Morgan fingerprint density at radius 1 is 1.04 bits per heavy atom. The van der Waals surface area contributed by atoms with Gasteiger partial charge in [-0.15, -0.1) is 0 Å². The summed E-state index contributed by atoms with van der Waals surface area (Å²) in [6.45, 7) is 0. The van der Waals surface area contributed by atoms with Crippen LogP contribution in [0.25, 0.3) is 0 Å². The van der Waals surface area contributed by atoms with Crippen molar-refractivity contribution in [2.75, 3.05) is 19.4 Å². The SMILES string of the molecule is CN(C)C(=O)ON=Cc1ccc(NC(=O)c2ccccc2)cc1. The second-order valence-corrected chi connectivity index (χ2v) is 4.93. The molecule has 0 spiro atoms. The molecule has 6 heteroatoms. The summed E-state index contributed by atoms with van der Waals surface area (Å²) >= 11 is 0. The van der Waals surface area contributed by atoms with Gasteiger partial charge < -0.3 is 10.2 Å². The summed E-state index contributed by atoms with van der Waals surface area (Å²) in [4.78, 5) is 29.1. The third kappa shape index (κ3) is 4.96. The lowest BCUT2D eigenvalue weighted by Crippen LogP contribution is -2.20. The third-order valence-electron chi connectivity index (χ3n) is 2.90. The molecule has 0 aliphatic heterocycles. The summed E-state index contributed by atoms with van der Waals surface area (Å²) in [5.41, 5.74) is 2.00. The fraction of sp³-hybridized carbons (Fsp3) is 0.118. The number of anilines is 1. The molecule has 0 aliphatic carbocycles. The first-order valence-corrected chi connectivity index (χ1v) is 6.94. The minimum absolute atomic E-state index is 0.174. The zero-order chi connectivity index (χ0) is 16.7. The highest BCUT2D eigenvalue weighted by Gasteiger charge is 2.05. The highest BCUT2D eigenvalue weighted by Crippen LogP contribution is 2.10. The van der Waals surface area contributed by atoms with Crippen molar-refractivity contribution in [2.45, 2.75) is 0 Å². The Morgan fingerprint density at radius 2 is 1.70 bits per heavy atom. The standard InChI is InChI=1S/C17H17N3O3/c1-20(2)17(22)23-18-12-13-8-10-15(11-9-13)19-16(21)14-6-4-3-5-7-14/h3-12H,1-2H3,(H,19,21). The zero-order valence-corrected chi connectivity index (χ0v) is 12.9. The van der Waals surface area contributed by atoms with E-state index < -0.39 is 6.09 Å². The van der Waals surface area contributed by atoms with Crippen LogP contribution in [0.15, 0.2) is 59.8 Å². The van der Waals surface area contributed by atoms with Gasteiger partial charge in [-0.3, -0.25) is 9.63 Å². The van der Waals surface area contributed by atoms with Crippen molar-refractivity contribution >= 4 is 23.9 Å². The van der Waals surface area contributed by atoms with Gasteiger partial charge in [-0.2, -0.15) is 0 Å². The summed E-state index contributed by atoms with van der Waals surface area (Å²) in [6.07, 6.45) is 0.873. The van der Waals surface area contributed by atoms with Gasteiger partial charge >= 0.3 is 6.09 Å². The van der Waals surface area contributed by atoms with Crippen LogP contribution in [0, 0.1) is 0 Å². The number of oxime groups is 1. The Balaban J connectivity index is 1.93. The van der Waals surface area contributed by atoms with Crippen molar-refractivity contribution in [2.24, 2.45) is 5.16 Å². The van der Waals surface area contributed by atoms with E-state index in [9.17, 15) is 9.59 Å². The van der Waals surface area contributed by atoms with Crippen LogP contribution in [0.2, 0.25) is 0 Å². The van der Waals surface area contributed by atoms with E-state index >= 15 is 0 Å². The quantitative estimate of drug-likeness (QED) is 0.536. The summed E-state index contributed by atoms with van der Waals surface area (Å²) in [6, 6.07) is 16.0. The highest BCUT2D eigenvalue weighted by molar-refractivity contribution is 6.04. The van der Waals surface area contributed by atoms with Crippen LogP contribution in [-0.2, 0) is 4.84 Å². The average molecular weight is 311 g/mol. The molecule has 0 aromatic heterocycles. The molecule has 0 heterocycles. The fourth-order valence-electron chi connectivity index (χ4n) is 1.66. The molecule has 1 N–H and O–H groups in total. The monoisotopic (exact) mass is 311 g/mol. The van der Waals surface area contributed by atoms with Crippen molar-refractivity contribution in [3.05, 3.63) is 65.7 Å². The van der Waals surface area contributed by atoms with Gasteiger partial charge in [-0.1, -0.05) is 35.5 Å². The lowest BCUT2D eigenvalue weighted by Gasteiger charge is -2.06. The summed E-state index contributed by atoms with van der Waals surface area (Å²) in [5, 5.41) is 6.40. The van der Waals surface area contributed by atoms with Crippen LogP contribution < -0.4 is 5.32 Å². The number of benzene rings is 2. The predicted octanol–water partition coefficient (Wildman–Crippen LogP) is 2.97. The molecule has 0 saturated carbocycles. The third-order valence-corrected chi connectivity index (χ3v) is 2.90. The van der Waals surface area contributed by atoms with Crippen molar-refractivity contribution in [1.29, 1.82) is 0 Å². The molecule has 2 rings (SSSR count). The zero-order valence-electron chi connectivity index (χ0n) is 12.9. The Hall–Kier alpha value is -3.15. The van der Waals surface area contributed by atoms with E-state index in [-0.39, 0.29) is 5.91 Å². The van der Waals surface area contributed by atoms with E-state index in [0.717, 1.165) is 5.56 Å². The maximum Gasteiger partial charge on any atom is 0.435 e. The van der Waals surface area contributed by atoms with E-state index in [1.54, 1.807) is 50.5 Å². The van der Waals surface area contributed by atoms with E-state index in [1.807, 2.05) is 18.2 Å². The Bertz CT molecular complexity index is 695. The molecule has 2 aromatic rings. The van der Waals surface area contributed by atoms with Gasteiger partial charge in [0.1, 0.15) is 0 Å². The van der Waals surface area contributed by atoms with Gasteiger partial charge in [0.05, 0.1) is 6.21 Å². The van der Waals surface area contributed by atoms with Crippen LogP contribution in [-0.4, -0.2) is 37.2 Å². The number of hydrogen-bond acceptors (Lipinski definition) is 4. The summed E-state index contributed by atoms with van der Waals surface area (Å²) < 4.78 is 0. The van der Waals surface area contributed by atoms with Crippen LogP contribution in [0.4, 0.5) is 10.5 Å². The van der Waals surface area contributed by atoms with E-state index in [4.69, 9.17) is 0 Å². The second-order valence-electron chi connectivity index (χ2n) is 4.93. The van der Waals surface area contributed by atoms with Gasteiger partial charge in [0, 0.05) is 25.3 Å². The molecule has 2 aromatic carbocycles. The first kappa shape index (κ1) is 16.2. The minimum atomic E-state index is -0.548. The molecule has 0 unspecified atom stereocenters. The van der Waals surface area contributed by atoms with Crippen molar-refractivity contribution in [3.8, 4) is 0 Å². The number of hydrogen-bond donors (Lipinski definition) is 1. The number of nitrogens with one attached hydrogen (secondary N) is 1. The van der Waals surface area contributed by atoms with Gasteiger partial charge in [0.15, 0.2) is 0 Å². The lowest BCUT2D eigenvalue weighted by molar-refractivity contribution is 0.102. The second kappa shape index (κ2) is 7.74. The summed E-state index contributed by atoms with van der Waals surface area (Å²) in [5.74, 6) is -0.174. The van der Waals surface area contributed by atoms with Gasteiger partial charge in [-0.25, -0.2) is 4.79 Å². The maximum absolute atomic E-state index is 12.0. The van der Waals surface area contributed by atoms with Crippen molar-refractivity contribution < 1.29 is 14.4 Å². The number of carbonyl (C=O) groups excluding carboxylic acids is 2. The smallest absolute Gasteiger partial charge is 0.322 e. The Labute approximate surface area is 134 Å². The van der Waals surface area contributed by atoms with Gasteiger partial charge in [0.25, 0.3) is 5.91 Å². The molecule has 0 radical (unpaired) electrons. The van der Waals surface area contributed by atoms with Crippen LogP contribution in [0.3, 0.4) is 0 Å². The number of nitrogens with zero attached hydrogens (tertiary/aromatic N) is 2. The van der Waals surface area contributed by atoms with E-state index in [0.29, 0.717) is 11.3 Å². The molecule has 0 fully saturated rings. The van der Waals surface area contributed by atoms with Crippen molar-refractivity contribution in [3.63, 3.8) is 0 Å². The Kier molecular flexibility index (Phi) is 5.46. The maximum atomic E-state index is 12.0. The first-order valence-electron chi connectivity index (χ1n) is 6.94. The van der Waals surface area contributed by atoms with Crippen LogP contribution in [0.1, 0.15) is 15.9 Å². The molecule has 0 atom stereocenters. The number of rotatable bonds is 4. The molecule has 0 bridgehead atoms. The fourth-order valence-corrected chi connectivity index (χ4v) is 1.66. The normalized spacial score (nSPS) is 10.3. The van der Waals surface area contributed by atoms with E-state index in [1.165, 1.54) is 11.1 Å². The van der Waals surface area contributed by atoms with Gasteiger partial charge in [0.2, 0.25) is 0 Å². The number of amides is 2. The lowest BCUT2D eigenvalue weighted by atomic mass is 10.2.